The van der Waals surface area contributed by atoms with E-state index in [1.807, 2.05) is 30.3 Å². The van der Waals surface area contributed by atoms with Crippen molar-refractivity contribution in [2.75, 3.05) is 7.11 Å². The smallest absolute Gasteiger partial charge is 0.337 e. The number of methoxy groups -OCH3 is 1. The standard InChI is InChI=1S/C29H29F2N3O5/c1-18(33-26(35)15-21-12-23(30)16-24(31)13-21)27(36)34-25(14-19-6-4-3-5-7-19)28(37)32-17-20-8-10-22(11-9-20)29(38)39-2/h3-13,16,18,25H,14-15,17H2,1-2H3,(H,32,37)(H,33,35)(H,34,36)/t18-,25-/m0/s1. The molecule has 3 N–H and O–H groups in total. The fraction of sp³-hybridized carbons (Fsp3) is 0.241. The molecule has 0 aliphatic carbocycles. The van der Waals surface area contributed by atoms with Crippen molar-refractivity contribution in [3.8, 4) is 0 Å². The average molecular weight is 538 g/mol. The van der Waals surface area contributed by atoms with Crippen LogP contribution < -0.4 is 16.0 Å². The highest BCUT2D eigenvalue weighted by Gasteiger charge is 2.25. The molecule has 3 aromatic rings. The molecule has 2 atom stereocenters. The maximum atomic E-state index is 13.4. The van der Waals surface area contributed by atoms with Gasteiger partial charge in [-0.2, -0.15) is 0 Å². The van der Waals surface area contributed by atoms with E-state index < -0.39 is 47.4 Å². The number of amides is 3. The number of rotatable bonds is 11. The zero-order chi connectivity index (χ0) is 28.4. The van der Waals surface area contributed by atoms with Crippen LogP contribution in [-0.4, -0.2) is 42.9 Å². The van der Waals surface area contributed by atoms with Crippen LogP contribution in [0.25, 0.3) is 0 Å². The van der Waals surface area contributed by atoms with Crippen molar-refractivity contribution in [2.45, 2.75) is 38.4 Å². The molecule has 0 saturated carbocycles. The second-order valence-corrected chi connectivity index (χ2v) is 8.90. The second kappa shape index (κ2) is 13.8. The summed E-state index contributed by atoms with van der Waals surface area (Å²) in [6, 6.07) is 16.4. The Morgan fingerprint density at radius 1 is 0.795 bits per heavy atom. The van der Waals surface area contributed by atoms with Crippen molar-refractivity contribution in [2.24, 2.45) is 0 Å². The van der Waals surface area contributed by atoms with Gasteiger partial charge in [0.1, 0.15) is 23.7 Å². The first-order valence-corrected chi connectivity index (χ1v) is 12.2. The van der Waals surface area contributed by atoms with Crippen molar-refractivity contribution in [3.63, 3.8) is 0 Å². The van der Waals surface area contributed by atoms with Crippen LogP contribution in [0.4, 0.5) is 8.78 Å². The summed E-state index contributed by atoms with van der Waals surface area (Å²) in [6.45, 7) is 1.59. The zero-order valence-corrected chi connectivity index (χ0v) is 21.5. The molecule has 3 rings (SSSR count). The van der Waals surface area contributed by atoms with Crippen molar-refractivity contribution >= 4 is 23.7 Å². The van der Waals surface area contributed by atoms with Gasteiger partial charge in [0.25, 0.3) is 0 Å². The summed E-state index contributed by atoms with van der Waals surface area (Å²) >= 11 is 0. The van der Waals surface area contributed by atoms with E-state index in [-0.39, 0.29) is 24.9 Å². The Morgan fingerprint density at radius 3 is 2.05 bits per heavy atom. The minimum atomic E-state index is -1.02. The topological polar surface area (TPSA) is 114 Å². The molecule has 0 bridgehead atoms. The summed E-state index contributed by atoms with van der Waals surface area (Å²) in [5.41, 5.74) is 2.04. The van der Waals surface area contributed by atoms with Crippen LogP contribution in [0, 0.1) is 11.6 Å². The molecule has 204 valence electrons. The van der Waals surface area contributed by atoms with Crippen LogP contribution in [0.1, 0.15) is 34.0 Å². The normalized spacial score (nSPS) is 12.1. The summed E-state index contributed by atoms with van der Waals surface area (Å²) in [5, 5.41) is 7.94. The summed E-state index contributed by atoms with van der Waals surface area (Å²) in [6.07, 6.45) is -0.127. The number of nitrogens with one attached hydrogen (secondary N) is 3. The van der Waals surface area contributed by atoms with Crippen molar-refractivity contribution < 1.29 is 32.7 Å². The first-order chi connectivity index (χ1) is 18.6. The molecule has 0 spiro atoms. The molecule has 0 aromatic heterocycles. The lowest BCUT2D eigenvalue weighted by Gasteiger charge is -2.21. The Kier molecular flexibility index (Phi) is 10.3. The molecule has 8 nitrogen and oxygen atoms in total. The van der Waals surface area contributed by atoms with Crippen LogP contribution in [0.3, 0.4) is 0 Å². The third-order valence-corrected chi connectivity index (χ3v) is 5.82. The molecule has 0 heterocycles. The lowest BCUT2D eigenvalue weighted by Crippen LogP contribution is -2.53. The van der Waals surface area contributed by atoms with Gasteiger partial charge in [0.15, 0.2) is 0 Å². The Labute approximate surface area is 224 Å². The molecular weight excluding hydrogens is 508 g/mol. The predicted molar refractivity (Wildman–Crippen MR) is 139 cm³/mol. The molecule has 0 unspecified atom stereocenters. The van der Waals surface area contributed by atoms with E-state index in [9.17, 15) is 28.0 Å². The minimum Gasteiger partial charge on any atom is -0.465 e. The van der Waals surface area contributed by atoms with Crippen LogP contribution in [0.2, 0.25) is 0 Å². The number of hydrogen-bond donors (Lipinski definition) is 3. The van der Waals surface area contributed by atoms with Crippen molar-refractivity contribution in [3.05, 3.63) is 107 Å². The zero-order valence-electron chi connectivity index (χ0n) is 21.5. The molecule has 0 fully saturated rings. The fourth-order valence-corrected chi connectivity index (χ4v) is 3.80. The van der Waals surface area contributed by atoms with E-state index in [1.54, 1.807) is 24.3 Å². The van der Waals surface area contributed by atoms with Crippen LogP contribution >= 0.6 is 0 Å². The quantitative estimate of drug-likeness (QED) is 0.326. The number of carbonyl (C=O) groups is 4. The average Bonchev–Trinajstić information content (AvgIpc) is 2.91. The third-order valence-electron chi connectivity index (χ3n) is 5.82. The van der Waals surface area contributed by atoms with Gasteiger partial charge in [0.05, 0.1) is 19.1 Å². The van der Waals surface area contributed by atoms with E-state index in [0.29, 0.717) is 11.6 Å². The monoisotopic (exact) mass is 537 g/mol. The number of esters is 1. The highest BCUT2D eigenvalue weighted by atomic mass is 19.1. The molecule has 39 heavy (non-hydrogen) atoms. The summed E-state index contributed by atoms with van der Waals surface area (Å²) in [4.78, 5) is 49.9. The Morgan fingerprint density at radius 2 is 1.44 bits per heavy atom. The highest BCUT2D eigenvalue weighted by molar-refractivity contribution is 5.92. The van der Waals surface area contributed by atoms with Gasteiger partial charge >= 0.3 is 5.97 Å². The molecular formula is C29H29F2N3O5. The first kappa shape index (κ1) is 29.0. The molecule has 3 aromatic carbocycles. The first-order valence-electron chi connectivity index (χ1n) is 12.2. The number of benzene rings is 3. The van der Waals surface area contributed by atoms with Crippen molar-refractivity contribution in [1.82, 2.24) is 16.0 Å². The largest absolute Gasteiger partial charge is 0.465 e. The Bertz CT molecular complexity index is 1300. The SMILES string of the molecule is COC(=O)c1ccc(CNC(=O)[C@H](Cc2ccccc2)NC(=O)[C@H](C)NC(=O)Cc2cc(F)cc(F)c2)cc1. The number of carbonyl (C=O) groups excluding carboxylic acids is 4. The third kappa shape index (κ3) is 9.03. The van der Waals surface area contributed by atoms with Crippen LogP contribution in [0.5, 0.6) is 0 Å². The van der Waals surface area contributed by atoms with Gasteiger partial charge in [-0.1, -0.05) is 42.5 Å². The van der Waals surface area contributed by atoms with Crippen molar-refractivity contribution in [1.29, 1.82) is 0 Å². The van der Waals surface area contributed by atoms with Gasteiger partial charge in [-0.15, -0.1) is 0 Å². The summed E-state index contributed by atoms with van der Waals surface area (Å²) in [7, 11) is 1.29. The van der Waals surface area contributed by atoms with Gasteiger partial charge in [-0.25, -0.2) is 13.6 Å². The Balaban J connectivity index is 1.62. The molecule has 0 radical (unpaired) electrons. The molecule has 10 heteroatoms. The highest BCUT2D eigenvalue weighted by Crippen LogP contribution is 2.10. The number of hydrogen-bond acceptors (Lipinski definition) is 5. The summed E-state index contributed by atoms with van der Waals surface area (Å²) in [5.74, 6) is -3.75. The molecule has 3 amide bonds. The molecule has 0 aliphatic rings. The number of halogens is 2. The predicted octanol–water partition coefficient (Wildman–Crippen LogP) is 2.84. The van der Waals surface area contributed by atoms with E-state index in [4.69, 9.17) is 0 Å². The van der Waals surface area contributed by atoms with E-state index in [2.05, 4.69) is 20.7 Å². The van der Waals surface area contributed by atoms with Gasteiger partial charge in [0, 0.05) is 19.0 Å². The van der Waals surface area contributed by atoms with Crippen LogP contribution in [0.15, 0.2) is 72.8 Å². The second-order valence-electron chi connectivity index (χ2n) is 8.90. The number of ether oxygens (including phenoxy) is 1. The van der Waals surface area contributed by atoms with E-state index in [1.165, 1.54) is 14.0 Å². The van der Waals surface area contributed by atoms with E-state index in [0.717, 1.165) is 23.3 Å². The Hall–Kier alpha value is -4.60. The van der Waals surface area contributed by atoms with Gasteiger partial charge < -0.3 is 20.7 Å². The maximum Gasteiger partial charge on any atom is 0.337 e. The van der Waals surface area contributed by atoms with Gasteiger partial charge in [-0.05, 0) is 47.9 Å². The molecule has 0 aliphatic heterocycles. The minimum absolute atomic E-state index is 0.124. The van der Waals surface area contributed by atoms with Crippen LogP contribution in [-0.2, 0) is 38.5 Å². The summed E-state index contributed by atoms with van der Waals surface area (Å²) < 4.78 is 31.5. The maximum absolute atomic E-state index is 13.4. The van der Waals surface area contributed by atoms with Gasteiger partial charge in [-0.3, -0.25) is 14.4 Å². The van der Waals surface area contributed by atoms with E-state index >= 15 is 0 Å². The lowest BCUT2D eigenvalue weighted by molar-refractivity contribution is -0.131. The lowest BCUT2D eigenvalue weighted by atomic mass is 10.0. The molecule has 0 saturated heterocycles. The fourth-order valence-electron chi connectivity index (χ4n) is 3.80. The van der Waals surface area contributed by atoms with Gasteiger partial charge in [0.2, 0.25) is 17.7 Å².